The van der Waals surface area contributed by atoms with E-state index in [9.17, 15) is 13.9 Å². The Bertz CT molecular complexity index is 968. The fourth-order valence-corrected chi connectivity index (χ4v) is 4.67. The highest BCUT2D eigenvalue weighted by Crippen LogP contribution is 2.42. The highest BCUT2D eigenvalue weighted by Gasteiger charge is 2.23. The third-order valence-corrected chi connectivity index (χ3v) is 7.79. The summed E-state index contributed by atoms with van der Waals surface area (Å²) >= 11 is 0. The number of rotatable bonds is 7. The second-order valence-corrected chi connectivity index (χ2v) is 11.2. The molecule has 2 heterocycles. The van der Waals surface area contributed by atoms with Gasteiger partial charge in [-0.15, -0.1) is 0 Å². The lowest BCUT2D eigenvalue weighted by atomic mass is 9.93. The van der Waals surface area contributed by atoms with E-state index >= 15 is 0 Å². The van der Waals surface area contributed by atoms with E-state index in [1.54, 1.807) is 6.92 Å². The lowest BCUT2D eigenvalue weighted by Gasteiger charge is -2.35. The van der Waals surface area contributed by atoms with Gasteiger partial charge >= 0.3 is 6.03 Å². The topological polar surface area (TPSA) is 120 Å². The summed E-state index contributed by atoms with van der Waals surface area (Å²) in [5.41, 5.74) is 2.07. The summed E-state index contributed by atoms with van der Waals surface area (Å²) in [6.07, 6.45) is 3.23. The number of carbonyl (C=O) groups excluding carboxylic acids is 1. The van der Waals surface area contributed by atoms with Gasteiger partial charge in [0.05, 0.1) is 30.7 Å². The van der Waals surface area contributed by atoms with Crippen molar-refractivity contribution in [2.45, 2.75) is 50.9 Å². The molecule has 2 fully saturated rings. The largest absolute Gasteiger partial charge is 0.377 e. The summed E-state index contributed by atoms with van der Waals surface area (Å²) < 4.78 is 26.1. The number of ether oxygens (including phenoxy) is 1. The number of aromatic nitrogens is 2. The minimum absolute atomic E-state index is 0.0890. The summed E-state index contributed by atoms with van der Waals surface area (Å²) in [6, 6.07) is 9.45. The SMILES string of the molecule is CCS(O)(O)Cc1cc(N2CCOC[C@@H]2C)nc(-c2ccc(NC(=O)NC3CCC3)cc2)n1. The van der Waals surface area contributed by atoms with E-state index in [1.807, 2.05) is 30.3 Å². The van der Waals surface area contributed by atoms with Crippen LogP contribution >= 0.6 is 10.6 Å². The van der Waals surface area contributed by atoms with Crippen LogP contribution in [0.3, 0.4) is 0 Å². The summed E-state index contributed by atoms with van der Waals surface area (Å²) in [4.78, 5) is 23.7. The number of benzene rings is 1. The number of carbonyl (C=O) groups is 1. The predicted molar refractivity (Wildman–Crippen MR) is 132 cm³/mol. The van der Waals surface area contributed by atoms with Crippen molar-refractivity contribution >= 4 is 28.1 Å². The van der Waals surface area contributed by atoms with Crippen LogP contribution < -0.4 is 15.5 Å². The highest BCUT2D eigenvalue weighted by molar-refractivity contribution is 8.23. The molecule has 0 radical (unpaired) electrons. The molecule has 0 spiro atoms. The first-order valence-corrected chi connectivity index (χ1v) is 13.4. The van der Waals surface area contributed by atoms with Crippen LogP contribution in [0.5, 0.6) is 0 Å². The van der Waals surface area contributed by atoms with Gasteiger partial charge in [0.25, 0.3) is 0 Å². The number of nitrogens with one attached hydrogen (secondary N) is 2. The molecule has 33 heavy (non-hydrogen) atoms. The molecular weight excluding hydrogens is 442 g/mol. The maximum Gasteiger partial charge on any atom is 0.319 e. The lowest BCUT2D eigenvalue weighted by Crippen LogP contribution is -2.44. The maximum absolute atomic E-state index is 12.1. The van der Waals surface area contributed by atoms with Gasteiger partial charge in [-0.3, -0.25) is 9.11 Å². The van der Waals surface area contributed by atoms with Crippen molar-refractivity contribution < 1.29 is 18.6 Å². The first-order chi connectivity index (χ1) is 15.8. The Morgan fingerprint density at radius 2 is 2.00 bits per heavy atom. The second kappa shape index (κ2) is 10.3. The number of nitrogens with zero attached hydrogens (tertiary/aromatic N) is 3. The molecule has 1 aliphatic carbocycles. The van der Waals surface area contributed by atoms with Gasteiger partial charge in [-0.25, -0.2) is 14.8 Å². The zero-order valence-electron chi connectivity index (χ0n) is 19.2. The van der Waals surface area contributed by atoms with E-state index in [0.717, 1.165) is 30.6 Å². The zero-order valence-corrected chi connectivity index (χ0v) is 20.0. The van der Waals surface area contributed by atoms with Crippen LogP contribution in [0.1, 0.15) is 38.8 Å². The van der Waals surface area contributed by atoms with Gasteiger partial charge < -0.3 is 20.3 Å². The molecule has 1 aliphatic heterocycles. The van der Waals surface area contributed by atoms with Crippen LogP contribution in [0.2, 0.25) is 0 Å². The fraction of sp³-hybridized carbons (Fsp3) is 0.522. The Hall–Kier alpha value is -2.40. The third kappa shape index (κ3) is 6.14. The molecule has 2 amide bonds. The van der Waals surface area contributed by atoms with Crippen LogP contribution in [-0.2, 0) is 10.5 Å². The number of hydrogen-bond donors (Lipinski definition) is 4. The highest BCUT2D eigenvalue weighted by atomic mass is 32.3. The fourth-order valence-electron chi connectivity index (χ4n) is 3.85. The van der Waals surface area contributed by atoms with E-state index in [0.29, 0.717) is 37.0 Å². The minimum atomic E-state index is -2.75. The van der Waals surface area contributed by atoms with Crippen LogP contribution in [0.25, 0.3) is 11.4 Å². The minimum Gasteiger partial charge on any atom is -0.377 e. The summed E-state index contributed by atoms with van der Waals surface area (Å²) in [7, 11) is -2.75. The van der Waals surface area contributed by atoms with Gasteiger partial charge in [-0.05, 0) is 57.4 Å². The number of anilines is 2. The van der Waals surface area contributed by atoms with Crippen molar-refractivity contribution in [3.63, 3.8) is 0 Å². The molecule has 0 unspecified atom stereocenters. The summed E-state index contributed by atoms with van der Waals surface area (Å²) in [6.45, 7) is 5.78. The first kappa shape index (κ1) is 23.7. The van der Waals surface area contributed by atoms with Crippen molar-refractivity contribution in [1.82, 2.24) is 15.3 Å². The molecule has 0 bridgehead atoms. The second-order valence-electron chi connectivity index (χ2n) is 8.70. The van der Waals surface area contributed by atoms with Crippen molar-refractivity contribution in [2.24, 2.45) is 0 Å². The molecule has 1 atom stereocenters. The molecule has 1 aromatic heterocycles. The quantitative estimate of drug-likeness (QED) is 0.471. The van der Waals surface area contributed by atoms with E-state index < -0.39 is 10.6 Å². The van der Waals surface area contributed by atoms with Gasteiger partial charge in [0.1, 0.15) is 5.82 Å². The molecule has 4 rings (SSSR count). The van der Waals surface area contributed by atoms with Crippen molar-refractivity contribution in [1.29, 1.82) is 0 Å². The van der Waals surface area contributed by atoms with Crippen molar-refractivity contribution in [3.05, 3.63) is 36.0 Å². The molecular formula is C23H33N5O4S. The molecule has 2 aliphatic rings. The molecule has 1 saturated carbocycles. The predicted octanol–water partition coefficient (Wildman–Crippen LogP) is 4.31. The maximum atomic E-state index is 12.1. The monoisotopic (exact) mass is 475 g/mol. The molecule has 10 heteroatoms. The van der Waals surface area contributed by atoms with Gasteiger partial charge in [0.2, 0.25) is 0 Å². The van der Waals surface area contributed by atoms with E-state index in [1.165, 1.54) is 0 Å². The molecule has 9 nitrogen and oxygen atoms in total. The van der Waals surface area contributed by atoms with Gasteiger partial charge in [0.15, 0.2) is 5.82 Å². The number of urea groups is 1. The van der Waals surface area contributed by atoms with Gasteiger partial charge in [-0.1, -0.05) is 0 Å². The van der Waals surface area contributed by atoms with Gasteiger partial charge in [0, 0.05) is 35.7 Å². The summed E-state index contributed by atoms with van der Waals surface area (Å²) in [5, 5.41) is 5.82. The Morgan fingerprint density at radius 3 is 2.64 bits per heavy atom. The molecule has 1 aromatic carbocycles. The molecule has 180 valence electrons. The van der Waals surface area contributed by atoms with Crippen LogP contribution in [0, 0.1) is 0 Å². The van der Waals surface area contributed by atoms with Crippen molar-refractivity contribution in [3.8, 4) is 11.4 Å². The van der Waals surface area contributed by atoms with E-state index in [4.69, 9.17) is 9.72 Å². The Kier molecular flexibility index (Phi) is 7.38. The number of morpholine rings is 1. The van der Waals surface area contributed by atoms with Gasteiger partial charge in [-0.2, -0.15) is 10.6 Å². The summed E-state index contributed by atoms with van der Waals surface area (Å²) in [5.74, 6) is 1.63. The normalized spacial score (nSPS) is 19.6. The Morgan fingerprint density at radius 1 is 1.24 bits per heavy atom. The lowest BCUT2D eigenvalue weighted by molar-refractivity contribution is 0.0985. The molecule has 1 saturated heterocycles. The number of hydrogen-bond acceptors (Lipinski definition) is 7. The van der Waals surface area contributed by atoms with Crippen LogP contribution in [0.4, 0.5) is 16.3 Å². The smallest absolute Gasteiger partial charge is 0.319 e. The average molecular weight is 476 g/mol. The van der Waals surface area contributed by atoms with Crippen LogP contribution in [0.15, 0.2) is 30.3 Å². The van der Waals surface area contributed by atoms with E-state index in [-0.39, 0.29) is 29.6 Å². The average Bonchev–Trinajstić information content (AvgIpc) is 2.76. The Labute approximate surface area is 196 Å². The zero-order chi connectivity index (χ0) is 23.4. The standard InChI is InChI=1S/C23H33N5O4S/c1-3-33(30,31)15-20-13-21(28-11-12-32-14-16(28)2)27-22(24-20)17-7-9-19(10-8-17)26-23(29)25-18-5-4-6-18/h7-10,13,16,18,30-31H,3-6,11-12,14-15H2,1-2H3,(H2,25,26,29)/t16-/m0/s1. The van der Waals surface area contributed by atoms with E-state index in [2.05, 4.69) is 27.4 Å². The first-order valence-electron chi connectivity index (χ1n) is 11.5. The Balaban J connectivity index is 1.57. The molecule has 4 N–H and O–H groups in total. The molecule has 2 aromatic rings. The third-order valence-electron chi connectivity index (χ3n) is 6.11. The van der Waals surface area contributed by atoms with Crippen LogP contribution in [-0.4, -0.2) is 62.7 Å². The number of amides is 2. The van der Waals surface area contributed by atoms with Crippen molar-refractivity contribution in [2.75, 3.05) is 35.7 Å².